The molecule has 0 spiro atoms. The van der Waals surface area contributed by atoms with Gasteiger partial charge in [-0.1, -0.05) is 17.7 Å². The standard InChI is InChI=1S/C18H21NO4/c1-11-6-7-14(12(2)8-11)19-18(20)13-9-15(21-3)17(23-5)16(10-13)22-4/h6-10H,1-5H3,(H,19,20). The Hall–Kier alpha value is -2.69. The molecule has 0 saturated heterocycles. The van der Waals surface area contributed by atoms with Gasteiger partial charge in [-0.05, 0) is 37.6 Å². The van der Waals surface area contributed by atoms with Crippen molar-refractivity contribution < 1.29 is 19.0 Å². The fourth-order valence-electron chi connectivity index (χ4n) is 2.36. The summed E-state index contributed by atoms with van der Waals surface area (Å²) >= 11 is 0. The lowest BCUT2D eigenvalue weighted by atomic mass is 10.1. The van der Waals surface area contributed by atoms with Gasteiger partial charge < -0.3 is 19.5 Å². The van der Waals surface area contributed by atoms with E-state index < -0.39 is 0 Å². The molecular weight excluding hydrogens is 294 g/mol. The minimum Gasteiger partial charge on any atom is -0.493 e. The van der Waals surface area contributed by atoms with Gasteiger partial charge in [-0.15, -0.1) is 0 Å². The summed E-state index contributed by atoms with van der Waals surface area (Å²) in [5.74, 6) is 1.10. The van der Waals surface area contributed by atoms with Gasteiger partial charge in [0.2, 0.25) is 5.75 Å². The Morgan fingerprint density at radius 3 is 2.00 bits per heavy atom. The summed E-state index contributed by atoms with van der Waals surface area (Å²) in [5.41, 5.74) is 3.35. The number of aryl methyl sites for hydroxylation is 2. The summed E-state index contributed by atoms with van der Waals surface area (Å²) in [6.07, 6.45) is 0. The van der Waals surface area contributed by atoms with E-state index in [1.165, 1.54) is 21.3 Å². The first-order valence-electron chi connectivity index (χ1n) is 7.18. The number of anilines is 1. The van der Waals surface area contributed by atoms with E-state index in [0.29, 0.717) is 22.8 Å². The Morgan fingerprint density at radius 1 is 0.913 bits per heavy atom. The molecule has 0 fully saturated rings. The van der Waals surface area contributed by atoms with E-state index in [0.717, 1.165) is 16.8 Å². The number of carbonyl (C=O) groups excluding carboxylic acids is 1. The van der Waals surface area contributed by atoms with Gasteiger partial charge >= 0.3 is 0 Å². The van der Waals surface area contributed by atoms with Crippen LogP contribution in [0.25, 0.3) is 0 Å². The minimum absolute atomic E-state index is 0.240. The SMILES string of the molecule is COc1cc(C(=O)Nc2ccc(C)cc2C)cc(OC)c1OC. The number of carbonyl (C=O) groups is 1. The van der Waals surface area contributed by atoms with Crippen LogP contribution in [0.15, 0.2) is 30.3 Å². The van der Waals surface area contributed by atoms with Gasteiger partial charge in [-0.3, -0.25) is 4.79 Å². The smallest absolute Gasteiger partial charge is 0.255 e. The first-order valence-corrected chi connectivity index (χ1v) is 7.18. The van der Waals surface area contributed by atoms with Crippen LogP contribution in [0.3, 0.4) is 0 Å². The van der Waals surface area contributed by atoms with Crippen LogP contribution in [0.1, 0.15) is 21.5 Å². The van der Waals surface area contributed by atoms with Crippen LogP contribution in [-0.2, 0) is 0 Å². The van der Waals surface area contributed by atoms with Crippen LogP contribution in [0.5, 0.6) is 17.2 Å². The van der Waals surface area contributed by atoms with E-state index in [2.05, 4.69) is 5.32 Å². The van der Waals surface area contributed by atoms with Crippen LogP contribution in [-0.4, -0.2) is 27.2 Å². The van der Waals surface area contributed by atoms with Crippen molar-refractivity contribution >= 4 is 11.6 Å². The molecule has 2 rings (SSSR count). The normalized spacial score (nSPS) is 10.1. The summed E-state index contributed by atoms with van der Waals surface area (Å²) in [7, 11) is 4.56. The van der Waals surface area contributed by atoms with E-state index in [4.69, 9.17) is 14.2 Å². The number of methoxy groups -OCH3 is 3. The highest BCUT2D eigenvalue weighted by atomic mass is 16.5. The van der Waals surface area contributed by atoms with Gasteiger partial charge in [0, 0.05) is 11.3 Å². The van der Waals surface area contributed by atoms with E-state index in [1.807, 2.05) is 32.0 Å². The Labute approximate surface area is 136 Å². The second kappa shape index (κ2) is 7.05. The molecule has 23 heavy (non-hydrogen) atoms. The molecule has 0 radical (unpaired) electrons. The Kier molecular flexibility index (Phi) is 5.11. The average molecular weight is 315 g/mol. The first-order chi connectivity index (χ1) is 11.0. The topological polar surface area (TPSA) is 56.8 Å². The molecule has 0 aliphatic rings. The molecule has 2 aromatic carbocycles. The maximum Gasteiger partial charge on any atom is 0.255 e. The highest BCUT2D eigenvalue weighted by Crippen LogP contribution is 2.38. The summed E-state index contributed by atoms with van der Waals surface area (Å²) in [4.78, 5) is 12.5. The molecule has 0 bridgehead atoms. The van der Waals surface area contributed by atoms with Crippen molar-refractivity contribution in [1.29, 1.82) is 0 Å². The third-order valence-corrected chi connectivity index (χ3v) is 3.56. The van der Waals surface area contributed by atoms with Crippen LogP contribution in [0, 0.1) is 13.8 Å². The van der Waals surface area contributed by atoms with Crippen molar-refractivity contribution in [1.82, 2.24) is 0 Å². The van der Waals surface area contributed by atoms with Crippen molar-refractivity contribution in [2.45, 2.75) is 13.8 Å². The molecule has 1 amide bonds. The molecule has 122 valence electrons. The fraction of sp³-hybridized carbons (Fsp3) is 0.278. The minimum atomic E-state index is -0.240. The van der Waals surface area contributed by atoms with E-state index >= 15 is 0 Å². The Bertz CT molecular complexity index is 700. The van der Waals surface area contributed by atoms with Gasteiger partial charge in [-0.2, -0.15) is 0 Å². The summed E-state index contributed by atoms with van der Waals surface area (Å²) in [6, 6.07) is 9.11. The predicted octanol–water partition coefficient (Wildman–Crippen LogP) is 3.58. The van der Waals surface area contributed by atoms with Crippen molar-refractivity contribution in [3.05, 3.63) is 47.0 Å². The zero-order valence-corrected chi connectivity index (χ0v) is 14.0. The monoisotopic (exact) mass is 315 g/mol. The lowest BCUT2D eigenvalue weighted by Gasteiger charge is -2.14. The highest BCUT2D eigenvalue weighted by molar-refractivity contribution is 6.05. The maximum atomic E-state index is 12.5. The third-order valence-electron chi connectivity index (χ3n) is 3.56. The van der Waals surface area contributed by atoms with Crippen LogP contribution >= 0.6 is 0 Å². The molecule has 5 heteroatoms. The number of ether oxygens (including phenoxy) is 3. The largest absolute Gasteiger partial charge is 0.493 e. The van der Waals surface area contributed by atoms with Gasteiger partial charge in [0.15, 0.2) is 11.5 Å². The van der Waals surface area contributed by atoms with E-state index in [-0.39, 0.29) is 5.91 Å². The molecule has 2 aromatic rings. The predicted molar refractivity (Wildman–Crippen MR) is 90.0 cm³/mol. The van der Waals surface area contributed by atoms with Gasteiger partial charge in [0.1, 0.15) is 0 Å². The molecular formula is C18H21NO4. The third kappa shape index (κ3) is 3.56. The average Bonchev–Trinajstić information content (AvgIpc) is 2.55. The fourth-order valence-corrected chi connectivity index (χ4v) is 2.36. The second-order valence-corrected chi connectivity index (χ2v) is 5.19. The highest BCUT2D eigenvalue weighted by Gasteiger charge is 2.17. The van der Waals surface area contributed by atoms with Crippen molar-refractivity contribution in [3.8, 4) is 17.2 Å². The molecule has 0 heterocycles. The number of rotatable bonds is 5. The summed E-state index contributed by atoms with van der Waals surface area (Å²) in [6.45, 7) is 3.97. The Morgan fingerprint density at radius 2 is 1.52 bits per heavy atom. The van der Waals surface area contributed by atoms with E-state index in [1.54, 1.807) is 12.1 Å². The van der Waals surface area contributed by atoms with Crippen LogP contribution in [0.4, 0.5) is 5.69 Å². The number of amides is 1. The number of hydrogen-bond donors (Lipinski definition) is 1. The maximum absolute atomic E-state index is 12.5. The molecule has 0 unspecified atom stereocenters. The molecule has 0 aliphatic carbocycles. The molecule has 0 aliphatic heterocycles. The van der Waals surface area contributed by atoms with Gasteiger partial charge in [0.25, 0.3) is 5.91 Å². The molecule has 0 aromatic heterocycles. The lowest BCUT2D eigenvalue weighted by Crippen LogP contribution is -2.13. The molecule has 5 nitrogen and oxygen atoms in total. The molecule has 1 N–H and O–H groups in total. The molecule has 0 atom stereocenters. The van der Waals surface area contributed by atoms with Crippen molar-refractivity contribution in [2.75, 3.05) is 26.6 Å². The van der Waals surface area contributed by atoms with Crippen LogP contribution < -0.4 is 19.5 Å². The number of benzene rings is 2. The van der Waals surface area contributed by atoms with Gasteiger partial charge in [0.05, 0.1) is 21.3 Å². The number of hydrogen-bond acceptors (Lipinski definition) is 4. The first kappa shape index (κ1) is 16.7. The second-order valence-electron chi connectivity index (χ2n) is 5.19. The van der Waals surface area contributed by atoms with Crippen molar-refractivity contribution in [3.63, 3.8) is 0 Å². The zero-order chi connectivity index (χ0) is 17.0. The number of nitrogens with one attached hydrogen (secondary N) is 1. The summed E-state index contributed by atoms with van der Waals surface area (Å²) < 4.78 is 15.8. The van der Waals surface area contributed by atoms with Crippen LogP contribution in [0.2, 0.25) is 0 Å². The summed E-state index contributed by atoms with van der Waals surface area (Å²) in [5, 5.41) is 2.90. The van der Waals surface area contributed by atoms with Gasteiger partial charge in [-0.25, -0.2) is 0 Å². The quantitative estimate of drug-likeness (QED) is 0.916. The van der Waals surface area contributed by atoms with E-state index in [9.17, 15) is 4.79 Å². The lowest BCUT2D eigenvalue weighted by molar-refractivity contribution is 0.102. The zero-order valence-electron chi connectivity index (χ0n) is 14.0. The Balaban J connectivity index is 2.35. The molecule has 0 saturated carbocycles. The van der Waals surface area contributed by atoms with Crippen molar-refractivity contribution in [2.24, 2.45) is 0 Å².